The number of hydrogen-bond acceptors (Lipinski definition) is 4. The van der Waals surface area contributed by atoms with Crippen molar-refractivity contribution in [2.45, 2.75) is 25.7 Å². The zero-order valence-corrected chi connectivity index (χ0v) is 13.1. The number of rotatable bonds is 7. The lowest BCUT2D eigenvalue weighted by Crippen LogP contribution is -2.38. The second kappa shape index (κ2) is 8.79. The maximum Gasteiger partial charge on any atom is 0.261 e. The van der Waals surface area contributed by atoms with Gasteiger partial charge in [-0.05, 0) is 50.3 Å². The van der Waals surface area contributed by atoms with Gasteiger partial charge in [-0.3, -0.25) is 9.59 Å². The maximum absolute atomic E-state index is 11.7. The largest absolute Gasteiger partial charge is 0.355 e. The Bertz CT molecular complexity index is 442. The van der Waals surface area contributed by atoms with Crippen LogP contribution in [0.15, 0.2) is 17.5 Å². The number of carbonyl (C=O) groups excluding carboxylic acids is 2. The molecule has 0 aliphatic carbocycles. The number of piperidine rings is 1. The molecule has 0 unspecified atom stereocenters. The molecule has 2 heterocycles. The lowest BCUT2D eigenvalue weighted by molar-refractivity contribution is -0.120. The summed E-state index contributed by atoms with van der Waals surface area (Å²) in [6, 6.07) is 3.57. The molecule has 1 aromatic heterocycles. The highest BCUT2D eigenvalue weighted by Gasteiger charge is 2.10. The predicted octanol–water partition coefficient (Wildman–Crippen LogP) is 1.47. The number of amides is 2. The van der Waals surface area contributed by atoms with Crippen LogP contribution in [0.4, 0.5) is 0 Å². The molecule has 0 atom stereocenters. The summed E-state index contributed by atoms with van der Waals surface area (Å²) in [7, 11) is 0. The van der Waals surface area contributed by atoms with Gasteiger partial charge in [0.25, 0.3) is 5.91 Å². The molecular weight excluding hydrogens is 286 g/mol. The van der Waals surface area contributed by atoms with Gasteiger partial charge in [0.15, 0.2) is 0 Å². The summed E-state index contributed by atoms with van der Waals surface area (Å²) in [5.41, 5.74) is 0. The minimum absolute atomic E-state index is 0.0421. The van der Waals surface area contributed by atoms with E-state index in [9.17, 15) is 9.59 Å². The monoisotopic (exact) mass is 309 g/mol. The molecule has 6 heteroatoms. The normalized spacial score (nSPS) is 15.6. The van der Waals surface area contributed by atoms with Crippen LogP contribution in [0.5, 0.6) is 0 Å². The Morgan fingerprint density at radius 1 is 1.19 bits per heavy atom. The summed E-state index contributed by atoms with van der Waals surface area (Å²) in [6.07, 6.45) is 4.89. The highest BCUT2D eigenvalue weighted by molar-refractivity contribution is 7.12. The van der Waals surface area contributed by atoms with Crippen molar-refractivity contribution >= 4 is 23.2 Å². The van der Waals surface area contributed by atoms with Gasteiger partial charge in [-0.1, -0.05) is 12.5 Å². The van der Waals surface area contributed by atoms with Gasteiger partial charge in [0, 0.05) is 6.54 Å². The molecule has 116 valence electrons. The fraction of sp³-hybridized carbons (Fsp3) is 0.600. The Hall–Kier alpha value is -1.40. The fourth-order valence-corrected chi connectivity index (χ4v) is 3.07. The van der Waals surface area contributed by atoms with Gasteiger partial charge in [0.2, 0.25) is 5.91 Å². The zero-order valence-electron chi connectivity index (χ0n) is 12.3. The molecule has 1 aliphatic heterocycles. The molecule has 2 rings (SSSR count). The Morgan fingerprint density at radius 3 is 2.71 bits per heavy atom. The first kappa shape index (κ1) is 16.0. The molecule has 0 saturated carbocycles. The van der Waals surface area contributed by atoms with Crippen molar-refractivity contribution in [3.05, 3.63) is 22.4 Å². The second-order valence-electron chi connectivity index (χ2n) is 5.27. The lowest BCUT2D eigenvalue weighted by atomic mass is 10.1. The van der Waals surface area contributed by atoms with E-state index in [2.05, 4.69) is 15.5 Å². The third-order valence-corrected chi connectivity index (χ3v) is 4.45. The molecule has 2 N–H and O–H groups in total. The highest BCUT2D eigenvalue weighted by Crippen LogP contribution is 2.08. The van der Waals surface area contributed by atoms with E-state index in [-0.39, 0.29) is 18.4 Å². The molecule has 5 nitrogen and oxygen atoms in total. The van der Waals surface area contributed by atoms with Crippen LogP contribution < -0.4 is 10.6 Å². The Morgan fingerprint density at radius 2 is 2.00 bits per heavy atom. The van der Waals surface area contributed by atoms with E-state index < -0.39 is 0 Å². The summed E-state index contributed by atoms with van der Waals surface area (Å²) in [5, 5.41) is 7.31. The first-order chi connectivity index (χ1) is 10.3. The molecule has 0 aromatic carbocycles. The maximum atomic E-state index is 11.7. The quantitative estimate of drug-likeness (QED) is 0.750. The number of nitrogens with one attached hydrogen (secondary N) is 2. The first-order valence-corrected chi connectivity index (χ1v) is 8.44. The van der Waals surface area contributed by atoms with Crippen LogP contribution in [0.1, 0.15) is 35.4 Å². The topological polar surface area (TPSA) is 61.4 Å². The molecule has 1 saturated heterocycles. The van der Waals surface area contributed by atoms with Crippen LogP contribution in [-0.4, -0.2) is 49.4 Å². The van der Waals surface area contributed by atoms with Crippen molar-refractivity contribution in [1.29, 1.82) is 0 Å². The van der Waals surface area contributed by atoms with Crippen LogP contribution in [0.2, 0.25) is 0 Å². The van der Waals surface area contributed by atoms with Gasteiger partial charge in [0.1, 0.15) is 0 Å². The van der Waals surface area contributed by atoms with Gasteiger partial charge in [-0.2, -0.15) is 0 Å². The molecule has 0 spiro atoms. The molecule has 0 radical (unpaired) electrons. The van der Waals surface area contributed by atoms with Crippen molar-refractivity contribution in [2.75, 3.05) is 32.7 Å². The molecule has 1 aromatic rings. The van der Waals surface area contributed by atoms with Gasteiger partial charge in [0.05, 0.1) is 11.4 Å². The van der Waals surface area contributed by atoms with E-state index in [1.54, 1.807) is 6.07 Å². The minimum Gasteiger partial charge on any atom is -0.355 e. The molecule has 2 amide bonds. The Labute approximate surface area is 129 Å². The average molecular weight is 309 g/mol. The minimum atomic E-state index is -0.187. The summed E-state index contributed by atoms with van der Waals surface area (Å²) in [5.74, 6) is -0.313. The predicted molar refractivity (Wildman–Crippen MR) is 84.6 cm³/mol. The molecule has 1 aliphatic rings. The summed E-state index contributed by atoms with van der Waals surface area (Å²) in [6.45, 7) is 4.13. The number of nitrogens with zero attached hydrogens (tertiary/aromatic N) is 1. The summed E-state index contributed by atoms with van der Waals surface area (Å²) < 4.78 is 0. The summed E-state index contributed by atoms with van der Waals surface area (Å²) in [4.78, 5) is 26.4. The average Bonchev–Trinajstić information content (AvgIpc) is 3.05. The van der Waals surface area contributed by atoms with E-state index in [1.807, 2.05) is 11.4 Å². The van der Waals surface area contributed by atoms with Crippen molar-refractivity contribution < 1.29 is 9.59 Å². The number of likely N-dealkylation sites (tertiary alicyclic amines) is 1. The van der Waals surface area contributed by atoms with E-state index in [1.165, 1.54) is 43.7 Å². The molecule has 0 bridgehead atoms. The smallest absolute Gasteiger partial charge is 0.261 e. The van der Waals surface area contributed by atoms with Crippen molar-refractivity contribution in [1.82, 2.24) is 15.5 Å². The van der Waals surface area contributed by atoms with Gasteiger partial charge >= 0.3 is 0 Å². The molecule has 21 heavy (non-hydrogen) atoms. The third-order valence-electron chi connectivity index (χ3n) is 3.58. The van der Waals surface area contributed by atoms with Crippen LogP contribution in [0, 0.1) is 0 Å². The number of carbonyl (C=O) groups is 2. The Kier molecular flexibility index (Phi) is 6.69. The van der Waals surface area contributed by atoms with Crippen LogP contribution in [-0.2, 0) is 4.79 Å². The lowest BCUT2D eigenvalue weighted by Gasteiger charge is -2.26. The zero-order chi connectivity index (χ0) is 14.9. The van der Waals surface area contributed by atoms with E-state index >= 15 is 0 Å². The standard InChI is InChI=1S/C15H23N3O2S/c19-14(12-17-15(20)13-6-4-11-21-13)16-7-5-10-18-8-2-1-3-9-18/h4,6,11H,1-3,5,7-10,12H2,(H,16,19)(H,17,20). The van der Waals surface area contributed by atoms with Crippen LogP contribution >= 0.6 is 11.3 Å². The van der Waals surface area contributed by atoms with Crippen molar-refractivity contribution in [3.8, 4) is 0 Å². The molecular formula is C15H23N3O2S. The Balaban J connectivity index is 1.52. The molecule has 1 fully saturated rings. The van der Waals surface area contributed by atoms with Crippen molar-refractivity contribution in [2.24, 2.45) is 0 Å². The van der Waals surface area contributed by atoms with Gasteiger partial charge in [-0.15, -0.1) is 11.3 Å². The van der Waals surface area contributed by atoms with Crippen LogP contribution in [0.25, 0.3) is 0 Å². The fourth-order valence-electron chi connectivity index (χ4n) is 2.43. The van der Waals surface area contributed by atoms with E-state index in [0.29, 0.717) is 11.4 Å². The van der Waals surface area contributed by atoms with Crippen molar-refractivity contribution in [3.63, 3.8) is 0 Å². The number of hydrogen-bond donors (Lipinski definition) is 2. The van der Waals surface area contributed by atoms with E-state index in [4.69, 9.17) is 0 Å². The third kappa shape index (κ3) is 5.85. The first-order valence-electron chi connectivity index (χ1n) is 7.56. The van der Waals surface area contributed by atoms with E-state index in [0.717, 1.165) is 13.0 Å². The van der Waals surface area contributed by atoms with Crippen LogP contribution in [0.3, 0.4) is 0 Å². The summed E-state index contributed by atoms with van der Waals surface area (Å²) >= 11 is 1.37. The highest BCUT2D eigenvalue weighted by atomic mass is 32.1. The second-order valence-corrected chi connectivity index (χ2v) is 6.21. The van der Waals surface area contributed by atoms with Gasteiger partial charge < -0.3 is 15.5 Å². The number of thiophene rings is 1. The van der Waals surface area contributed by atoms with Gasteiger partial charge in [-0.25, -0.2) is 0 Å². The SMILES string of the molecule is O=C(CNC(=O)c1cccs1)NCCCN1CCCCC1.